The van der Waals surface area contributed by atoms with Crippen molar-refractivity contribution >= 4 is 17.6 Å². The van der Waals surface area contributed by atoms with Crippen LogP contribution in [0.2, 0.25) is 0 Å². The van der Waals surface area contributed by atoms with Crippen molar-refractivity contribution in [1.82, 2.24) is 4.90 Å². The zero-order chi connectivity index (χ0) is 20.6. The SMILES string of the molecule is CCCCCCCC(=O)OCN1CCC=C(C(=N)C(=N)OCCCCCC)C1. The molecule has 6 nitrogen and oxygen atoms in total. The Hall–Kier alpha value is -1.69. The van der Waals surface area contributed by atoms with E-state index in [4.69, 9.17) is 20.3 Å². The molecule has 1 rings (SSSR count). The number of nitrogens with zero attached hydrogens (tertiary/aromatic N) is 1. The molecule has 6 heteroatoms. The van der Waals surface area contributed by atoms with Crippen molar-refractivity contribution < 1.29 is 14.3 Å². The van der Waals surface area contributed by atoms with E-state index in [1.165, 1.54) is 32.1 Å². The summed E-state index contributed by atoms with van der Waals surface area (Å²) in [7, 11) is 0. The molecular weight excluding hydrogens is 354 g/mol. The minimum atomic E-state index is -0.147. The molecule has 1 heterocycles. The standard InChI is InChI=1S/C22H39N3O3/c1-3-5-7-9-10-14-20(26)28-18-25-15-12-13-19(17-25)21(23)22(24)27-16-11-8-6-4-2/h13,23-24H,3-12,14-18H2,1-2H3. The van der Waals surface area contributed by atoms with Crippen LogP contribution in [0.3, 0.4) is 0 Å². The van der Waals surface area contributed by atoms with E-state index in [2.05, 4.69) is 13.8 Å². The summed E-state index contributed by atoms with van der Waals surface area (Å²) in [4.78, 5) is 13.9. The molecule has 160 valence electrons. The van der Waals surface area contributed by atoms with Gasteiger partial charge >= 0.3 is 5.97 Å². The minimum absolute atomic E-state index is 0.0614. The summed E-state index contributed by atoms with van der Waals surface area (Å²) in [5, 5.41) is 16.2. The van der Waals surface area contributed by atoms with Gasteiger partial charge in [0.1, 0.15) is 12.4 Å². The van der Waals surface area contributed by atoms with Crippen molar-refractivity contribution in [3.05, 3.63) is 11.6 Å². The lowest BCUT2D eigenvalue weighted by Gasteiger charge is -2.27. The van der Waals surface area contributed by atoms with Crippen molar-refractivity contribution in [3.63, 3.8) is 0 Å². The first-order valence-corrected chi connectivity index (χ1v) is 11.0. The molecule has 0 radical (unpaired) electrons. The fourth-order valence-electron chi connectivity index (χ4n) is 3.13. The van der Waals surface area contributed by atoms with E-state index in [0.717, 1.165) is 44.2 Å². The summed E-state index contributed by atoms with van der Waals surface area (Å²) in [5.74, 6) is -0.209. The van der Waals surface area contributed by atoms with Gasteiger partial charge in [-0.1, -0.05) is 64.9 Å². The van der Waals surface area contributed by atoms with Crippen LogP contribution in [0.4, 0.5) is 0 Å². The average Bonchev–Trinajstić information content (AvgIpc) is 2.71. The first-order chi connectivity index (χ1) is 13.6. The molecule has 0 aromatic rings. The van der Waals surface area contributed by atoms with Gasteiger partial charge in [0.05, 0.1) is 6.61 Å². The van der Waals surface area contributed by atoms with E-state index in [1.807, 2.05) is 11.0 Å². The number of esters is 1. The van der Waals surface area contributed by atoms with Crippen LogP contribution in [0.5, 0.6) is 0 Å². The van der Waals surface area contributed by atoms with Gasteiger partial charge in [0.15, 0.2) is 0 Å². The number of hydrogen-bond donors (Lipinski definition) is 2. The summed E-state index contributed by atoms with van der Waals surface area (Å²) >= 11 is 0. The molecule has 0 atom stereocenters. The quantitative estimate of drug-likeness (QED) is 0.176. The smallest absolute Gasteiger partial charge is 0.307 e. The lowest BCUT2D eigenvalue weighted by Crippen LogP contribution is -2.36. The molecule has 0 amide bonds. The second kappa shape index (κ2) is 15.3. The van der Waals surface area contributed by atoms with Gasteiger partial charge in [-0.3, -0.25) is 20.5 Å². The van der Waals surface area contributed by atoms with Crippen LogP contribution in [0.15, 0.2) is 11.6 Å². The fraction of sp³-hybridized carbons (Fsp3) is 0.773. The number of ether oxygens (including phenoxy) is 2. The third-order valence-corrected chi connectivity index (χ3v) is 4.92. The second-order valence-electron chi connectivity index (χ2n) is 7.49. The van der Waals surface area contributed by atoms with Crippen LogP contribution >= 0.6 is 0 Å². The fourth-order valence-corrected chi connectivity index (χ4v) is 3.13. The Morgan fingerprint density at radius 1 is 1.00 bits per heavy atom. The van der Waals surface area contributed by atoms with Gasteiger partial charge in [0.25, 0.3) is 0 Å². The van der Waals surface area contributed by atoms with Gasteiger partial charge in [0, 0.05) is 19.5 Å². The number of carbonyl (C=O) groups excluding carboxylic acids is 1. The van der Waals surface area contributed by atoms with Gasteiger partial charge in [-0.2, -0.15) is 0 Å². The van der Waals surface area contributed by atoms with Crippen LogP contribution in [0.25, 0.3) is 0 Å². The highest BCUT2D eigenvalue weighted by atomic mass is 16.5. The van der Waals surface area contributed by atoms with Gasteiger partial charge in [-0.25, -0.2) is 0 Å². The van der Waals surface area contributed by atoms with E-state index in [-0.39, 0.29) is 24.3 Å². The van der Waals surface area contributed by atoms with E-state index in [0.29, 0.717) is 19.6 Å². The molecule has 0 unspecified atom stereocenters. The Morgan fingerprint density at radius 3 is 2.39 bits per heavy atom. The molecule has 0 aromatic heterocycles. The van der Waals surface area contributed by atoms with Crippen molar-refractivity contribution in [2.45, 2.75) is 84.5 Å². The summed E-state index contributed by atoms with van der Waals surface area (Å²) in [5.41, 5.74) is 0.919. The van der Waals surface area contributed by atoms with Crippen molar-refractivity contribution in [2.75, 3.05) is 26.4 Å². The van der Waals surface area contributed by atoms with Crippen LogP contribution < -0.4 is 0 Å². The normalized spacial score (nSPS) is 14.4. The second-order valence-corrected chi connectivity index (χ2v) is 7.49. The molecule has 0 aromatic carbocycles. The Labute approximate surface area is 170 Å². The van der Waals surface area contributed by atoms with Gasteiger partial charge in [-0.15, -0.1) is 0 Å². The number of rotatable bonds is 15. The number of nitrogens with one attached hydrogen (secondary N) is 2. The predicted molar refractivity (Wildman–Crippen MR) is 114 cm³/mol. The van der Waals surface area contributed by atoms with E-state index in [1.54, 1.807) is 0 Å². The summed E-state index contributed by atoms with van der Waals surface area (Å²) in [6.07, 6.45) is 13.2. The molecule has 0 aliphatic carbocycles. The zero-order valence-corrected chi connectivity index (χ0v) is 17.9. The maximum atomic E-state index is 11.9. The molecule has 0 fully saturated rings. The Kier molecular flexibility index (Phi) is 13.3. The molecule has 0 saturated heterocycles. The molecule has 0 spiro atoms. The lowest BCUT2D eigenvalue weighted by atomic mass is 10.1. The molecule has 28 heavy (non-hydrogen) atoms. The lowest BCUT2D eigenvalue weighted by molar-refractivity contribution is -0.148. The Balaban J connectivity index is 2.25. The topological polar surface area (TPSA) is 86.5 Å². The maximum Gasteiger partial charge on any atom is 0.307 e. The summed E-state index contributed by atoms with van der Waals surface area (Å²) in [6.45, 7) is 6.40. The number of carbonyl (C=O) groups is 1. The third-order valence-electron chi connectivity index (χ3n) is 4.92. The molecule has 0 saturated carbocycles. The average molecular weight is 394 g/mol. The highest BCUT2D eigenvalue weighted by Gasteiger charge is 2.20. The van der Waals surface area contributed by atoms with Crippen LogP contribution in [0, 0.1) is 10.8 Å². The van der Waals surface area contributed by atoms with E-state index in [9.17, 15) is 4.79 Å². The molecule has 0 bridgehead atoms. The largest absolute Gasteiger partial charge is 0.477 e. The van der Waals surface area contributed by atoms with Crippen LogP contribution in [-0.4, -0.2) is 48.9 Å². The number of unbranched alkanes of at least 4 members (excludes halogenated alkanes) is 7. The van der Waals surface area contributed by atoms with Crippen molar-refractivity contribution in [1.29, 1.82) is 10.8 Å². The highest BCUT2D eigenvalue weighted by molar-refractivity contribution is 6.43. The summed E-state index contributed by atoms with van der Waals surface area (Å²) in [6, 6.07) is 0. The van der Waals surface area contributed by atoms with Gasteiger partial charge < -0.3 is 9.47 Å². The van der Waals surface area contributed by atoms with Crippen molar-refractivity contribution in [3.8, 4) is 0 Å². The molecule has 2 N–H and O–H groups in total. The monoisotopic (exact) mass is 393 g/mol. The van der Waals surface area contributed by atoms with Crippen LogP contribution in [0.1, 0.15) is 84.5 Å². The molecule has 1 aliphatic rings. The first kappa shape index (κ1) is 24.3. The third kappa shape index (κ3) is 10.6. The Bertz CT molecular complexity index is 517. The van der Waals surface area contributed by atoms with Crippen LogP contribution in [-0.2, 0) is 14.3 Å². The van der Waals surface area contributed by atoms with E-state index < -0.39 is 0 Å². The van der Waals surface area contributed by atoms with Crippen molar-refractivity contribution in [2.24, 2.45) is 0 Å². The Morgan fingerprint density at radius 2 is 1.68 bits per heavy atom. The minimum Gasteiger partial charge on any atom is -0.477 e. The first-order valence-electron chi connectivity index (χ1n) is 11.0. The summed E-state index contributed by atoms with van der Waals surface area (Å²) < 4.78 is 10.8. The zero-order valence-electron chi connectivity index (χ0n) is 17.9. The van der Waals surface area contributed by atoms with Gasteiger partial charge in [0.2, 0.25) is 5.90 Å². The highest BCUT2D eigenvalue weighted by Crippen LogP contribution is 2.13. The number of hydrogen-bond acceptors (Lipinski definition) is 6. The molecular formula is C22H39N3O3. The predicted octanol–water partition coefficient (Wildman–Crippen LogP) is 5.07. The van der Waals surface area contributed by atoms with E-state index >= 15 is 0 Å². The molecule has 1 aliphatic heterocycles. The maximum absolute atomic E-state index is 11.9. The van der Waals surface area contributed by atoms with Gasteiger partial charge in [-0.05, 0) is 24.8 Å².